The summed E-state index contributed by atoms with van der Waals surface area (Å²) < 4.78 is 5.21. The van der Waals surface area contributed by atoms with Crippen LogP contribution in [0.4, 0.5) is 0 Å². The van der Waals surface area contributed by atoms with Gasteiger partial charge in [-0.15, -0.1) is 5.10 Å². The van der Waals surface area contributed by atoms with Gasteiger partial charge in [-0.25, -0.2) is 4.98 Å². The predicted molar refractivity (Wildman–Crippen MR) is 54.8 cm³/mol. The highest BCUT2D eigenvalue weighted by Gasteiger charge is 2.04. The fourth-order valence-electron chi connectivity index (χ4n) is 1.06. The quantitative estimate of drug-likeness (QED) is 0.632. The highest BCUT2D eigenvalue weighted by molar-refractivity contribution is 7.98. The van der Waals surface area contributed by atoms with Crippen molar-refractivity contribution in [3.8, 4) is 0 Å². The molecular weight excluding hydrogens is 214 g/mol. The van der Waals surface area contributed by atoms with E-state index in [9.17, 15) is 4.79 Å². The first-order valence-electron chi connectivity index (χ1n) is 4.33. The number of H-pyrrole nitrogens is 1. The van der Waals surface area contributed by atoms with Gasteiger partial charge in [0.05, 0.1) is 5.75 Å². The molecule has 0 aliphatic rings. The minimum atomic E-state index is 0.344. The van der Waals surface area contributed by atoms with E-state index in [1.54, 1.807) is 12.1 Å². The number of furan rings is 1. The Kier molecular flexibility index (Phi) is 2.86. The summed E-state index contributed by atoms with van der Waals surface area (Å²) in [6.45, 7) is 1.84. The first-order valence-corrected chi connectivity index (χ1v) is 5.32. The molecule has 0 fully saturated rings. The van der Waals surface area contributed by atoms with Gasteiger partial charge in [0.15, 0.2) is 12.0 Å². The second-order valence-corrected chi connectivity index (χ2v) is 3.86. The Hall–Kier alpha value is -1.56. The van der Waals surface area contributed by atoms with E-state index < -0.39 is 0 Å². The molecule has 1 N–H and O–H groups in total. The van der Waals surface area contributed by atoms with Crippen molar-refractivity contribution in [3.63, 3.8) is 0 Å². The van der Waals surface area contributed by atoms with Crippen LogP contribution in [-0.4, -0.2) is 21.5 Å². The Labute approximate surface area is 90.3 Å². The molecule has 2 aromatic rings. The lowest BCUT2D eigenvalue weighted by Gasteiger charge is -1.91. The number of carbonyl (C=O) groups excluding carboxylic acids is 1. The van der Waals surface area contributed by atoms with Crippen LogP contribution in [0.15, 0.2) is 21.7 Å². The number of aryl methyl sites for hydroxylation is 1. The number of hydrogen-bond acceptors (Lipinski definition) is 5. The molecule has 0 saturated heterocycles. The molecule has 2 rings (SSSR count). The van der Waals surface area contributed by atoms with Gasteiger partial charge in [-0.05, 0) is 19.1 Å². The maximum atomic E-state index is 10.4. The van der Waals surface area contributed by atoms with Crippen LogP contribution >= 0.6 is 11.8 Å². The molecule has 0 bridgehead atoms. The highest BCUT2D eigenvalue weighted by atomic mass is 32.2. The molecule has 0 atom stereocenters. The number of nitrogens with zero attached hydrogens (tertiary/aromatic N) is 2. The number of thioether (sulfide) groups is 1. The first-order chi connectivity index (χ1) is 7.28. The molecule has 78 valence electrons. The Morgan fingerprint density at radius 3 is 3.07 bits per heavy atom. The highest BCUT2D eigenvalue weighted by Crippen LogP contribution is 2.19. The fraction of sp³-hybridized carbons (Fsp3) is 0.222. The Balaban J connectivity index is 1.95. The number of nitrogens with one attached hydrogen (secondary N) is 1. The maximum Gasteiger partial charge on any atom is 0.208 e. The topological polar surface area (TPSA) is 71.8 Å². The van der Waals surface area contributed by atoms with Crippen LogP contribution in [0.25, 0.3) is 0 Å². The Bertz CT molecular complexity index is 463. The van der Waals surface area contributed by atoms with E-state index in [0.717, 1.165) is 11.6 Å². The van der Waals surface area contributed by atoms with Gasteiger partial charge in [-0.2, -0.15) is 0 Å². The second-order valence-electron chi connectivity index (χ2n) is 2.91. The smallest absolute Gasteiger partial charge is 0.208 e. The third-order valence-corrected chi connectivity index (χ3v) is 2.59. The molecule has 0 spiro atoms. The number of aromatic amines is 1. The zero-order chi connectivity index (χ0) is 10.7. The van der Waals surface area contributed by atoms with E-state index in [1.165, 1.54) is 11.8 Å². The summed E-state index contributed by atoms with van der Waals surface area (Å²) in [4.78, 5) is 14.5. The molecule has 2 aromatic heterocycles. The maximum absolute atomic E-state index is 10.4. The molecule has 0 radical (unpaired) electrons. The molecule has 2 heterocycles. The van der Waals surface area contributed by atoms with Crippen molar-refractivity contribution in [3.05, 3.63) is 29.5 Å². The zero-order valence-electron chi connectivity index (χ0n) is 8.06. The average molecular weight is 223 g/mol. The van der Waals surface area contributed by atoms with Gasteiger partial charge >= 0.3 is 0 Å². The summed E-state index contributed by atoms with van der Waals surface area (Å²) in [6, 6.07) is 3.42. The molecule has 5 nitrogen and oxygen atoms in total. The van der Waals surface area contributed by atoms with Crippen molar-refractivity contribution < 1.29 is 9.21 Å². The lowest BCUT2D eigenvalue weighted by atomic mass is 10.4. The minimum absolute atomic E-state index is 0.344. The molecule has 6 heteroatoms. The van der Waals surface area contributed by atoms with Crippen LogP contribution in [0.5, 0.6) is 0 Å². The number of aromatic nitrogens is 3. The summed E-state index contributed by atoms with van der Waals surface area (Å²) in [5.41, 5.74) is 0. The number of hydrogen-bond donors (Lipinski definition) is 1. The van der Waals surface area contributed by atoms with Crippen molar-refractivity contribution in [2.45, 2.75) is 17.8 Å². The average Bonchev–Trinajstić information content (AvgIpc) is 2.83. The van der Waals surface area contributed by atoms with Crippen LogP contribution in [0.2, 0.25) is 0 Å². The largest absolute Gasteiger partial charge is 0.457 e. The zero-order valence-corrected chi connectivity index (χ0v) is 8.87. The first kappa shape index (κ1) is 9.97. The van der Waals surface area contributed by atoms with Gasteiger partial charge < -0.3 is 4.42 Å². The minimum Gasteiger partial charge on any atom is -0.457 e. The fourth-order valence-corrected chi connectivity index (χ4v) is 1.80. The van der Waals surface area contributed by atoms with Crippen LogP contribution in [0.1, 0.15) is 22.1 Å². The van der Waals surface area contributed by atoms with E-state index in [4.69, 9.17) is 4.42 Å². The summed E-state index contributed by atoms with van der Waals surface area (Å²) >= 11 is 1.46. The molecule has 15 heavy (non-hydrogen) atoms. The van der Waals surface area contributed by atoms with Crippen LogP contribution in [0.3, 0.4) is 0 Å². The van der Waals surface area contributed by atoms with E-state index in [1.807, 2.05) is 6.92 Å². The molecule has 0 aliphatic carbocycles. The van der Waals surface area contributed by atoms with Gasteiger partial charge in [-0.1, -0.05) is 11.8 Å². The SMILES string of the molecule is Cc1nc(SCc2ccc(C=O)o2)n[nH]1. The number of aldehydes is 1. The van der Waals surface area contributed by atoms with Crippen LogP contribution in [-0.2, 0) is 5.75 Å². The lowest BCUT2D eigenvalue weighted by Crippen LogP contribution is -1.79. The van der Waals surface area contributed by atoms with Crippen LogP contribution in [0, 0.1) is 6.92 Å². The van der Waals surface area contributed by atoms with Gasteiger partial charge in [0.25, 0.3) is 0 Å². The van der Waals surface area contributed by atoms with Crippen molar-refractivity contribution >= 4 is 18.0 Å². The molecule has 0 unspecified atom stereocenters. The predicted octanol–water partition coefficient (Wildman–Crippen LogP) is 1.81. The van der Waals surface area contributed by atoms with Gasteiger partial charge in [0.2, 0.25) is 5.16 Å². The van der Waals surface area contributed by atoms with Gasteiger partial charge in [-0.3, -0.25) is 9.89 Å². The lowest BCUT2D eigenvalue weighted by molar-refractivity contribution is 0.109. The van der Waals surface area contributed by atoms with E-state index in [0.29, 0.717) is 23.0 Å². The van der Waals surface area contributed by atoms with E-state index in [-0.39, 0.29) is 0 Å². The second kappa shape index (κ2) is 4.31. The van der Waals surface area contributed by atoms with Crippen molar-refractivity contribution in [1.82, 2.24) is 15.2 Å². The van der Waals surface area contributed by atoms with Crippen molar-refractivity contribution in [1.29, 1.82) is 0 Å². The molecule has 0 amide bonds. The monoisotopic (exact) mass is 223 g/mol. The summed E-state index contributed by atoms with van der Waals surface area (Å²) in [7, 11) is 0. The number of rotatable bonds is 4. The summed E-state index contributed by atoms with van der Waals surface area (Å²) in [5.74, 6) is 2.48. The Morgan fingerprint density at radius 2 is 2.47 bits per heavy atom. The molecule has 0 aromatic carbocycles. The summed E-state index contributed by atoms with van der Waals surface area (Å²) in [6.07, 6.45) is 0.686. The molecular formula is C9H9N3O2S. The molecule has 0 saturated carbocycles. The standard InChI is InChI=1S/C9H9N3O2S/c1-6-10-9(12-11-6)15-5-8-3-2-7(4-13)14-8/h2-4H,5H2,1H3,(H,10,11,12). The van der Waals surface area contributed by atoms with Gasteiger partial charge in [0, 0.05) is 0 Å². The van der Waals surface area contributed by atoms with E-state index >= 15 is 0 Å². The third kappa shape index (κ3) is 2.47. The van der Waals surface area contributed by atoms with E-state index in [2.05, 4.69) is 15.2 Å². The Morgan fingerprint density at radius 1 is 1.60 bits per heavy atom. The molecule has 0 aliphatic heterocycles. The normalized spacial score (nSPS) is 10.5. The summed E-state index contributed by atoms with van der Waals surface area (Å²) in [5, 5.41) is 7.40. The van der Waals surface area contributed by atoms with Gasteiger partial charge in [0.1, 0.15) is 11.6 Å². The third-order valence-electron chi connectivity index (χ3n) is 1.72. The number of carbonyl (C=O) groups is 1. The van der Waals surface area contributed by atoms with Crippen LogP contribution < -0.4 is 0 Å². The van der Waals surface area contributed by atoms with Crippen molar-refractivity contribution in [2.24, 2.45) is 0 Å². The van der Waals surface area contributed by atoms with Crippen molar-refractivity contribution in [2.75, 3.05) is 0 Å².